The number of nitrogens with one attached hydrogen (secondary N) is 1. The van der Waals surface area contributed by atoms with Crippen molar-refractivity contribution in [1.82, 2.24) is 0 Å². The van der Waals surface area contributed by atoms with Crippen molar-refractivity contribution in [3.8, 4) is 0 Å². The van der Waals surface area contributed by atoms with Crippen molar-refractivity contribution in [3.63, 3.8) is 0 Å². The second kappa shape index (κ2) is 3.87. The zero-order valence-corrected chi connectivity index (χ0v) is 8.90. The van der Waals surface area contributed by atoms with Crippen molar-refractivity contribution in [1.29, 1.82) is 0 Å². The SMILES string of the molecule is CC(=O)Nc1c(C)cc(Br)cc1F. The second-order valence-corrected chi connectivity index (χ2v) is 3.68. The molecule has 0 unspecified atom stereocenters. The number of anilines is 1. The lowest BCUT2D eigenvalue weighted by molar-refractivity contribution is -0.114. The Bertz CT molecular complexity index is 328. The van der Waals surface area contributed by atoms with E-state index in [-0.39, 0.29) is 11.6 Å². The van der Waals surface area contributed by atoms with Gasteiger partial charge in [-0.3, -0.25) is 4.79 Å². The topological polar surface area (TPSA) is 29.1 Å². The van der Waals surface area contributed by atoms with Gasteiger partial charge in [0.15, 0.2) is 0 Å². The minimum Gasteiger partial charge on any atom is -0.324 e. The molecule has 4 heteroatoms. The second-order valence-electron chi connectivity index (χ2n) is 2.76. The molecule has 0 aliphatic heterocycles. The maximum atomic E-state index is 13.2. The molecule has 1 rings (SSSR count). The van der Waals surface area contributed by atoms with Gasteiger partial charge in [-0.05, 0) is 24.6 Å². The summed E-state index contributed by atoms with van der Waals surface area (Å²) < 4.78 is 13.9. The van der Waals surface area contributed by atoms with Crippen molar-refractivity contribution in [2.24, 2.45) is 0 Å². The minimum atomic E-state index is -0.429. The average Bonchev–Trinajstić information content (AvgIpc) is 1.96. The van der Waals surface area contributed by atoms with Gasteiger partial charge in [-0.25, -0.2) is 4.39 Å². The Balaban J connectivity index is 3.13. The molecular formula is C9H9BrFNO. The quantitative estimate of drug-likeness (QED) is 0.810. The fraction of sp³-hybridized carbons (Fsp3) is 0.222. The third-order valence-corrected chi connectivity index (χ3v) is 2.01. The van der Waals surface area contributed by atoms with Crippen LogP contribution in [0.3, 0.4) is 0 Å². The van der Waals surface area contributed by atoms with Crippen LogP contribution in [-0.4, -0.2) is 5.91 Å². The van der Waals surface area contributed by atoms with Crippen molar-refractivity contribution >= 4 is 27.5 Å². The number of halogens is 2. The van der Waals surface area contributed by atoms with Crippen LogP contribution in [0.2, 0.25) is 0 Å². The fourth-order valence-corrected chi connectivity index (χ4v) is 1.58. The predicted molar refractivity (Wildman–Crippen MR) is 53.1 cm³/mol. The maximum absolute atomic E-state index is 13.2. The lowest BCUT2D eigenvalue weighted by atomic mass is 10.2. The van der Waals surface area contributed by atoms with Crippen LogP contribution in [-0.2, 0) is 4.79 Å². The van der Waals surface area contributed by atoms with Gasteiger partial charge in [0.05, 0.1) is 5.69 Å². The first-order chi connectivity index (χ1) is 6.00. The van der Waals surface area contributed by atoms with Gasteiger partial charge in [0, 0.05) is 11.4 Å². The number of carbonyl (C=O) groups is 1. The van der Waals surface area contributed by atoms with E-state index in [9.17, 15) is 9.18 Å². The van der Waals surface area contributed by atoms with Crippen molar-refractivity contribution in [3.05, 3.63) is 28.0 Å². The highest BCUT2D eigenvalue weighted by atomic mass is 79.9. The van der Waals surface area contributed by atoms with E-state index in [2.05, 4.69) is 21.2 Å². The molecule has 0 heterocycles. The van der Waals surface area contributed by atoms with Crippen molar-refractivity contribution in [2.45, 2.75) is 13.8 Å². The summed E-state index contributed by atoms with van der Waals surface area (Å²) in [5.74, 6) is -0.702. The number of hydrogen-bond donors (Lipinski definition) is 1. The van der Waals surface area contributed by atoms with Crippen LogP contribution in [0.15, 0.2) is 16.6 Å². The first-order valence-electron chi connectivity index (χ1n) is 3.74. The summed E-state index contributed by atoms with van der Waals surface area (Å²) in [5.41, 5.74) is 0.942. The first kappa shape index (κ1) is 10.2. The molecule has 1 N–H and O–H groups in total. The molecule has 0 saturated carbocycles. The molecule has 0 fully saturated rings. The third-order valence-electron chi connectivity index (χ3n) is 1.55. The van der Waals surface area contributed by atoms with Gasteiger partial charge in [-0.2, -0.15) is 0 Å². The van der Waals surface area contributed by atoms with Gasteiger partial charge in [0.25, 0.3) is 0 Å². The van der Waals surface area contributed by atoms with E-state index < -0.39 is 5.82 Å². The van der Waals surface area contributed by atoms with E-state index in [4.69, 9.17) is 0 Å². The number of aryl methyl sites for hydroxylation is 1. The van der Waals surface area contributed by atoms with E-state index in [1.165, 1.54) is 13.0 Å². The Morgan fingerprint density at radius 2 is 2.15 bits per heavy atom. The Hall–Kier alpha value is -0.900. The molecular weight excluding hydrogens is 237 g/mol. The summed E-state index contributed by atoms with van der Waals surface area (Å²) in [4.78, 5) is 10.7. The van der Waals surface area contributed by atoms with E-state index in [1.807, 2.05) is 0 Å². The normalized spacial score (nSPS) is 9.85. The molecule has 0 bridgehead atoms. The minimum absolute atomic E-state index is 0.246. The van der Waals surface area contributed by atoms with Gasteiger partial charge in [0.2, 0.25) is 5.91 Å². The van der Waals surface area contributed by atoms with E-state index in [1.54, 1.807) is 13.0 Å². The van der Waals surface area contributed by atoms with Crippen LogP contribution in [0.25, 0.3) is 0 Å². The summed E-state index contributed by atoms with van der Waals surface area (Å²) in [6.45, 7) is 3.08. The first-order valence-corrected chi connectivity index (χ1v) is 4.53. The fourth-order valence-electron chi connectivity index (χ4n) is 1.04. The molecule has 70 valence electrons. The van der Waals surface area contributed by atoms with Crippen LogP contribution in [0, 0.1) is 12.7 Å². The monoisotopic (exact) mass is 245 g/mol. The highest BCUT2D eigenvalue weighted by molar-refractivity contribution is 9.10. The lowest BCUT2D eigenvalue weighted by Gasteiger charge is -2.07. The standard InChI is InChI=1S/C9H9BrFNO/c1-5-3-7(10)4-8(11)9(5)12-6(2)13/h3-4H,1-2H3,(H,12,13). The van der Waals surface area contributed by atoms with Crippen molar-refractivity contribution in [2.75, 3.05) is 5.32 Å². The van der Waals surface area contributed by atoms with Crippen LogP contribution >= 0.6 is 15.9 Å². The zero-order valence-electron chi connectivity index (χ0n) is 7.32. The molecule has 0 aliphatic rings. The Morgan fingerprint density at radius 1 is 1.54 bits per heavy atom. The highest BCUT2D eigenvalue weighted by Crippen LogP contribution is 2.24. The Labute approximate surface area is 84.3 Å². The predicted octanol–water partition coefficient (Wildman–Crippen LogP) is 2.86. The van der Waals surface area contributed by atoms with Gasteiger partial charge in [-0.1, -0.05) is 15.9 Å². The summed E-state index contributed by atoms with van der Waals surface area (Å²) in [6.07, 6.45) is 0. The largest absolute Gasteiger partial charge is 0.324 e. The molecule has 0 atom stereocenters. The average molecular weight is 246 g/mol. The van der Waals surface area contributed by atoms with Crippen LogP contribution < -0.4 is 5.32 Å². The van der Waals surface area contributed by atoms with Crippen LogP contribution in [0.4, 0.5) is 10.1 Å². The van der Waals surface area contributed by atoms with E-state index in [0.29, 0.717) is 10.0 Å². The summed E-state index contributed by atoms with van der Waals surface area (Å²) in [7, 11) is 0. The van der Waals surface area contributed by atoms with E-state index >= 15 is 0 Å². The number of rotatable bonds is 1. The maximum Gasteiger partial charge on any atom is 0.221 e. The summed E-state index contributed by atoms with van der Waals surface area (Å²) >= 11 is 3.16. The highest BCUT2D eigenvalue weighted by Gasteiger charge is 2.07. The molecule has 13 heavy (non-hydrogen) atoms. The van der Waals surface area contributed by atoms with Gasteiger partial charge < -0.3 is 5.32 Å². The molecule has 1 amide bonds. The summed E-state index contributed by atoms with van der Waals surface area (Å²) in [6, 6.07) is 3.06. The third kappa shape index (κ3) is 2.52. The molecule has 0 saturated heterocycles. The number of benzene rings is 1. The van der Waals surface area contributed by atoms with Gasteiger partial charge in [0.1, 0.15) is 5.82 Å². The molecule has 2 nitrogen and oxygen atoms in total. The smallest absolute Gasteiger partial charge is 0.221 e. The van der Waals surface area contributed by atoms with E-state index in [0.717, 1.165) is 0 Å². The zero-order chi connectivity index (χ0) is 10.0. The Kier molecular flexibility index (Phi) is 3.03. The molecule has 0 radical (unpaired) electrons. The molecule has 0 spiro atoms. The Morgan fingerprint density at radius 3 is 2.62 bits per heavy atom. The molecule has 0 aliphatic carbocycles. The number of amides is 1. The van der Waals surface area contributed by atoms with Gasteiger partial charge in [-0.15, -0.1) is 0 Å². The molecule has 1 aromatic rings. The van der Waals surface area contributed by atoms with Crippen LogP contribution in [0.5, 0.6) is 0 Å². The molecule has 1 aromatic carbocycles. The van der Waals surface area contributed by atoms with Crippen LogP contribution in [0.1, 0.15) is 12.5 Å². The summed E-state index contributed by atoms with van der Waals surface area (Å²) in [5, 5.41) is 2.43. The number of hydrogen-bond acceptors (Lipinski definition) is 1. The van der Waals surface area contributed by atoms with Gasteiger partial charge >= 0.3 is 0 Å². The number of carbonyl (C=O) groups excluding carboxylic acids is 1. The molecule has 0 aromatic heterocycles. The lowest BCUT2D eigenvalue weighted by Crippen LogP contribution is -2.08. The van der Waals surface area contributed by atoms with Crippen molar-refractivity contribution < 1.29 is 9.18 Å².